The lowest BCUT2D eigenvalue weighted by atomic mass is 10.1. The average Bonchev–Trinajstić information content (AvgIpc) is 3.12. The van der Waals surface area contributed by atoms with Crippen molar-refractivity contribution in [2.24, 2.45) is 12.0 Å². The number of benzene rings is 2. The van der Waals surface area contributed by atoms with Gasteiger partial charge in [0.1, 0.15) is 17.1 Å². The predicted molar refractivity (Wildman–Crippen MR) is 151 cm³/mol. The van der Waals surface area contributed by atoms with Crippen LogP contribution in [0.4, 0.5) is 0 Å². The van der Waals surface area contributed by atoms with E-state index in [-0.39, 0.29) is 5.63 Å². The molecule has 7 nitrogen and oxygen atoms in total. The van der Waals surface area contributed by atoms with Gasteiger partial charge in [-0.1, -0.05) is 34.0 Å². The Hall–Kier alpha value is -3.10. The van der Waals surface area contributed by atoms with E-state index in [1.807, 2.05) is 51.4 Å². The van der Waals surface area contributed by atoms with Gasteiger partial charge in [0, 0.05) is 41.8 Å². The second-order valence-corrected chi connectivity index (χ2v) is 10.1. The molecule has 0 unspecified atom stereocenters. The van der Waals surface area contributed by atoms with Crippen LogP contribution in [0.1, 0.15) is 42.5 Å². The molecule has 4 aromatic rings. The molecule has 0 saturated heterocycles. The number of rotatable bonds is 11. The van der Waals surface area contributed by atoms with Crippen LogP contribution in [-0.4, -0.2) is 29.1 Å². The Morgan fingerprint density at radius 3 is 2.65 bits per heavy atom. The molecule has 0 aliphatic rings. The van der Waals surface area contributed by atoms with Crippen LogP contribution < -0.4 is 15.1 Å². The molecule has 0 saturated carbocycles. The Bertz CT molecular complexity index is 1460. The highest BCUT2D eigenvalue weighted by Crippen LogP contribution is 2.31. The summed E-state index contributed by atoms with van der Waals surface area (Å²) in [7, 11) is 1.86. The van der Waals surface area contributed by atoms with E-state index in [1.165, 1.54) is 6.07 Å². The fraction of sp³-hybridized carbons (Fsp3) is 0.321. The second-order valence-electron chi connectivity index (χ2n) is 8.81. The molecular weight excluding hydrogens is 558 g/mol. The Balaban J connectivity index is 1.21. The summed E-state index contributed by atoms with van der Waals surface area (Å²) in [5.74, 6) is 1.94. The van der Waals surface area contributed by atoms with Crippen molar-refractivity contribution in [1.29, 1.82) is 0 Å². The predicted octanol–water partition coefficient (Wildman–Crippen LogP) is 7.41. The molecule has 0 N–H and O–H groups in total. The lowest BCUT2D eigenvalue weighted by Gasteiger charge is -2.09. The lowest BCUT2D eigenvalue weighted by Crippen LogP contribution is -2.01. The van der Waals surface area contributed by atoms with Gasteiger partial charge in [0.05, 0.1) is 22.9 Å². The molecule has 0 fully saturated rings. The van der Waals surface area contributed by atoms with Gasteiger partial charge in [-0.25, -0.2) is 9.48 Å². The third kappa shape index (κ3) is 7.02. The number of hydrogen-bond acceptors (Lipinski definition) is 6. The zero-order valence-corrected chi connectivity index (χ0v) is 23.4. The highest BCUT2D eigenvalue weighted by Gasteiger charge is 2.14. The summed E-state index contributed by atoms with van der Waals surface area (Å²) in [6.45, 7) is 5.07. The summed E-state index contributed by atoms with van der Waals surface area (Å²) in [5, 5.41) is 5.79. The van der Waals surface area contributed by atoms with Gasteiger partial charge < -0.3 is 13.9 Å². The Labute approximate surface area is 229 Å². The maximum atomic E-state index is 11.6. The highest BCUT2D eigenvalue weighted by atomic mass is 79.9. The molecule has 0 atom stereocenters. The van der Waals surface area contributed by atoms with Gasteiger partial charge in [-0.15, -0.1) is 0 Å². The van der Waals surface area contributed by atoms with Gasteiger partial charge in [0.2, 0.25) is 5.88 Å². The molecule has 0 bridgehead atoms. The molecule has 37 heavy (non-hydrogen) atoms. The van der Waals surface area contributed by atoms with Crippen molar-refractivity contribution in [3.63, 3.8) is 0 Å². The van der Waals surface area contributed by atoms with Crippen LogP contribution in [0.15, 0.2) is 61.1 Å². The molecule has 0 aliphatic heterocycles. The number of ether oxygens (including phenoxy) is 2. The molecule has 0 amide bonds. The van der Waals surface area contributed by atoms with Crippen molar-refractivity contribution in [2.45, 2.75) is 39.5 Å². The summed E-state index contributed by atoms with van der Waals surface area (Å²) in [6, 6.07) is 12.6. The first-order valence-electron chi connectivity index (χ1n) is 12.2. The number of aliphatic imine (C=N–C) groups is 1. The second kappa shape index (κ2) is 12.4. The highest BCUT2D eigenvalue weighted by molar-refractivity contribution is 9.10. The number of nitrogens with zero attached hydrogens (tertiary/aromatic N) is 3. The van der Waals surface area contributed by atoms with Gasteiger partial charge in [0.25, 0.3) is 0 Å². The minimum absolute atomic E-state index is 0.382. The summed E-state index contributed by atoms with van der Waals surface area (Å²) >= 11 is 9.80. The normalized spacial score (nSPS) is 11.5. The number of fused-ring (bicyclic) bond motifs is 1. The summed E-state index contributed by atoms with van der Waals surface area (Å²) in [5.41, 5.74) is 2.69. The van der Waals surface area contributed by atoms with E-state index in [2.05, 4.69) is 26.0 Å². The monoisotopic (exact) mass is 585 g/mol. The lowest BCUT2D eigenvalue weighted by molar-refractivity contribution is 0.305. The average molecular weight is 587 g/mol. The number of unbranched alkanes of at least 4 members (excludes halogenated alkanes) is 3. The van der Waals surface area contributed by atoms with E-state index in [9.17, 15) is 4.79 Å². The van der Waals surface area contributed by atoms with Gasteiger partial charge >= 0.3 is 5.63 Å². The van der Waals surface area contributed by atoms with E-state index < -0.39 is 0 Å². The number of hydrogen-bond donors (Lipinski definition) is 0. The summed E-state index contributed by atoms with van der Waals surface area (Å²) in [4.78, 5) is 16.2. The zero-order chi connectivity index (χ0) is 26.4. The van der Waals surface area contributed by atoms with Gasteiger partial charge in [-0.3, -0.25) is 4.99 Å². The number of aryl methyl sites for hydroxylation is 3. The Morgan fingerprint density at radius 1 is 1.11 bits per heavy atom. The van der Waals surface area contributed by atoms with Crippen LogP contribution in [0.3, 0.4) is 0 Å². The molecule has 0 spiro atoms. The minimum atomic E-state index is -0.382. The van der Waals surface area contributed by atoms with Crippen molar-refractivity contribution in [2.75, 3.05) is 13.2 Å². The first-order valence-corrected chi connectivity index (χ1v) is 13.3. The van der Waals surface area contributed by atoms with E-state index in [0.717, 1.165) is 64.7 Å². The van der Waals surface area contributed by atoms with Crippen molar-refractivity contribution in [1.82, 2.24) is 9.78 Å². The third-order valence-corrected chi connectivity index (χ3v) is 6.73. The van der Waals surface area contributed by atoms with Gasteiger partial charge in [-0.05, 0) is 69.0 Å². The number of halogens is 2. The molecule has 0 radical (unpaired) electrons. The molecule has 9 heteroatoms. The molecule has 0 aliphatic carbocycles. The van der Waals surface area contributed by atoms with Gasteiger partial charge in [0.15, 0.2) is 0 Å². The van der Waals surface area contributed by atoms with E-state index in [0.29, 0.717) is 28.8 Å². The fourth-order valence-corrected chi connectivity index (χ4v) is 4.45. The van der Waals surface area contributed by atoms with Crippen LogP contribution in [0, 0.1) is 13.8 Å². The van der Waals surface area contributed by atoms with Crippen LogP contribution in [0.5, 0.6) is 17.4 Å². The maximum absolute atomic E-state index is 11.6. The van der Waals surface area contributed by atoms with Crippen LogP contribution in [0.2, 0.25) is 5.02 Å². The fourth-order valence-electron chi connectivity index (χ4n) is 3.96. The molecule has 2 aromatic carbocycles. The van der Waals surface area contributed by atoms with E-state index >= 15 is 0 Å². The molecule has 194 valence electrons. The maximum Gasteiger partial charge on any atom is 0.336 e. The topological polar surface area (TPSA) is 78.8 Å². The molecule has 2 heterocycles. The van der Waals surface area contributed by atoms with Crippen molar-refractivity contribution >= 4 is 44.7 Å². The van der Waals surface area contributed by atoms with Crippen LogP contribution in [0.25, 0.3) is 11.0 Å². The largest absolute Gasteiger partial charge is 0.492 e. The third-order valence-electron chi connectivity index (χ3n) is 5.91. The summed E-state index contributed by atoms with van der Waals surface area (Å²) < 4.78 is 19.9. The SMILES string of the molecule is Cc1nn(C)c(Oc2ccc(Br)cc2)c1C=NCCCCCCOc1cc2oc(=O)cc(C)c2cc1Cl. The van der Waals surface area contributed by atoms with Crippen LogP contribution in [-0.2, 0) is 7.05 Å². The first kappa shape index (κ1) is 26.9. The van der Waals surface area contributed by atoms with E-state index in [4.69, 9.17) is 25.5 Å². The molecule has 4 rings (SSSR count). The molecular formula is C28H29BrClN3O4. The number of aromatic nitrogens is 2. The smallest absolute Gasteiger partial charge is 0.336 e. The Morgan fingerprint density at radius 2 is 1.86 bits per heavy atom. The minimum Gasteiger partial charge on any atom is -0.492 e. The Kier molecular flexibility index (Phi) is 9.05. The zero-order valence-electron chi connectivity index (χ0n) is 21.1. The quantitative estimate of drug-likeness (QED) is 0.104. The van der Waals surface area contributed by atoms with E-state index in [1.54, 1.807) is 16.8 Å². The van der Waals surface area contributed by atoms with Crippen LogP contribution >= 0.6 is 27.5 Å². The standard InChI is InChI=1S/C28H29BrClN3O4/c1-18-14-27(34)37-25-16-26(24(30)15-22(18)25)35-13-7-5-4-6-12-31-17-23-19(2)32-33(3)28(23)36-21-10-8-20(29)9-11-21/h8-11,14-17H,4-7,12-13H2,1-3H3. The van der Waals surface area contributed by atoms with Crippen molar-refractivity contribution in [3.05, 3.63) is 79.2 Å². The van der Waals surface area contributed by atoms with Crippen molar-refractivity contribution in [3.8, 4) is 17.4 Å². The van der Waals surface area contributed by atoms with Gasteiger partial charge in [-0.2, -0.15) is 5.10 Å². The van der Waals surface area contributed by atoms with Crippen molar-refractivity contribution < 1.29 is 13.9 Å². The summed E-state index contributed by atoms with van der Waals surface area (Å²) in [6.07, 6.45) is 5.76. The molecule has 2 aromatic heterocycles. The first-order chi connectivity index (χ1) is 17.8.